The minimum absolute atomic E-state index is 0.00167. The van der Waals surface area contributed by atoms with Crippen LogP contribution in [0.3, 0.4) is 0 Å². The molecule has 2 amide bonds. The van der Waals surface area contributed by atoms with Gasteiger partial charge in [-0.2, -0.15) is 0 Å². The molecule has 5 nitrogen and oxygen atoms in total. The lowest BCUT2D eigenvalue weighted by Gasteiger charge is -2.20. The van der Waals surface area contributed by atoms with Crippen molar-refractivity contribution in [2.75, 3.05) is 35.8 Å². The monoisotopic (exact) mass is 351 g/mol. The molecule has 1 heterocycles. The Hall–Kier alpha value is -2.82. The molecule has 0 aliphatic carbocycles. The molecule has 1 atom stereocenters. The van der Waals surface area contributed by atoms with E-state index in [9.17, 15) is 9.59 Å². The third-order valence-corrected chi connectivity index (χ3v) is 4.80. The summed E-state index contributed by atoms with van der Waals surface area (Å²) in [6.45, 7) is 4.41. The van der Waals surface area contributed by atoms with E-state index in [0.29, 0.717) is 6.54 Å². The van der Waals surface area contributed by atoms with Crippen LogP contribution in [0.1, 0.15) is 17.5 Å². The van der Waals surface area contributed by atoms with Gasteiger partial charge in [0, 0.05) is 44.1 Å². The van der Waals surface area contributed by atoms with E-state index in [0.717, 1.165) is 28.2 Å². The predicted molar refractivity (Wildman–Crippen MR) is 106 cm³/mol. The fourth-order valence-electron chi connectivity index (χ4n) is 3.21. The first-order valence-corrected chi connectivity index (χ1v) is 8.81. The van der Waals surface area contributed by atoms with Gasteiger partial charge in [0.25, 0.3) is 0 Å². The molecule has 0 bridgehead atoms. The second-order valence-corrected chi connectivity index (χ2v) is 7.13. The summed E-state index contributed by atoms with van der Waals surface area (Å²) in [5, 5.41) is 2.93. The average Bonchev–Trinajstić information content (AvgIpc) is 2.99. The van der Waals surface area contributed by atoms with Crippen molar-refractivity contribution in [1.82, 2.24) is 0 Å². The van der Waals surface area contributed by atoms with Gasteiger partial charge in [0.15, 0.2) is 0 Å². The smallest absolute Gasteiger partial charge is 0.229 e. The fraction of sp³-hybridized carbons (Fsp3) is 0.333. The average molecular weight is 351 g/mol. The highest BCUT2D eigenvalue weighted by molar-refractivity contribution is 6.03. The Kier molecular flexibility index (Phi) is 4.98. The van der Waals surface area contributed by atoms with Gasteiger partial charge in [0.1, 0.15) is 0 Å². The van der Waals surface area contributed by atoms with Crippen LogP contribution in [-0.4, -0.2) is 32.5 Å². The first-order valence-electron chi connectivity index (χ1n) is 8.81. The molecule has 0 aromatic heterocycles. The summed E-state index contributed by atoms with van der Waals surface area (Å²) in [7, 11) is 3.94. The number of anilines is 3. The number of hydrogen-bond donors (Lipinski definition) is 1. The summed E-state index contributed by atoms with van der Waals surface area (Å²) in [4.78, 5) is 28.8. The summed E-state index contributed by atoms with van der Waals surface area (Å²) in [5.74, 6) is -0.443. The molecule has 3 rings (SSSR count). The number of carbonyl (C=O) groups is 2. The zero-order valence-corrected chi connectivity index (χ0v) is 15.7. The molecule has 136 valence electrons. The molecule has 1 aliphatic rings. The molecule has 2 aromatic rings. The topological polar surface area (TPSA) is 52.7 Å². The zero-order chi connectivity index (χ0) is 18.8. The van der Waals surface area contributed by atoms with Crippen LogP contribution in [0.15, 0.2) is 42.5 Å². The highest BCUT2D eigenvalue weighted by atomic mass is 16.2. The number of aryl methyl sites for hydroxylation is 2. The third-order valence-electron chi connectivity index (χ3n) is 4.80. The molecular weight excluding hydrogens is 326 g/mol. The SMILES string of the molecule is Cc1ccc(C)c(N2CC(C(=O)Nc3ccc(N(C)C)cc3)CC2=O)c1. The maximum Gasteiger partial charge on any atom is 0.229 e. The molecule has 1 fully saturated rings. The summed E-state index contributed by atoms with van der Waals surface area (Å²) in [6, 6.07) is 13.7. The van der Waals surface area contributed by atoms with Crippen LogP contribution in [0.25, 0.3) is 0 Å². The van der Waals surface area contributed by atoms with E-state index in [1.165, 1.54) is 0 Å². The Morgan fingerprint density at radius 1 is 1.12 bits per heavy atom. The molecule has 2 aromatic carbocycles. The van der Waals surface area contributed by atoms with E-state index in [4.69, 9.17) is 0 Å². The van der Waals surface area contributed by atoms with Crippen LogP contribution in [0.2, 0.25) is 0 Å². The normalized spacial score (nSPS) is 16.7. The zero-order valence-electron chi connectivity index (χ0n) is 15.7. The van der Waals surface area contributed by atoms with Gasteiger partial charge in [0.05, 0.1) is 5.92 Å². The van der Waals surface area contributed by atoms with Crippen molar-refractivity contribution >= 4 is 28.9 Å². The van der Waals surface area contributed by atoms with E-state index in [1.807, 2.05) is 75.3 Å². The number of amides is 2. The van der Waals surface area contributed by atoms with Gasteiger partial charge in [-0.25, -0.2) is 0 Å². The lowest BCUT2D eigenvalue weighted by atomic mass is 10.1. The highest BCUT2D eigenvalue weighted by Crippen LogP contribution is 2.29. The molecule has 26 heavy (non-hydrogen) atoms. The van der Waals surface area contributed by atoms with Gasteiger partial charge in [-0.1, -0.05) is 12.1 Å². The van der Waals surface area contributed by atoms with E-state index in [1.54, 1.807) is 4.90 Å². The van der Waals surface area contributed by atoms with Crippen molar-refractivity contribution in [2.24, 2.45) is 5.92 Å². The fourth-order valence-corrected chi connectivity index (χ4v) is 3.21. The van der Waals surface area contributed by atoms with Crippen LogP contribution < -0.4 is 15.1 Å². The van der Waals surface area contributed by atoms with Gasteiger partial charge in [-0.15, -0.1) is 0 Å². The lowest BCUT2D eigenvalue weighted by molar-refractivity contribution is -0.122. The van der Waals surface area contributed by atoms with Gasteiger partial charge >= 0.3 is 0 Å². The minimum atomic E-state index is -0.337. The number of nitrogens with zero attached hydrogens (tertiary/aromatic N) is 2. The second kappa shape index (κ2) is 7.20. The molecule has 1 unspecified atom stereocenters. The minimum Gasteiger partial charge on any atom is -0.378 e. The molecule has 0 spiro atoms. The number of nitrogens with one attached hydrogen (secondary N) is 1. The van der Waals surface area contributed by atoms with Crippen LogP contribution in [0.5, 0.6) is 0 Å². The first kappa shape index (κ1) is 18.0. The van der Waals surface area contributed by atoms with Crippen molar-refractivity contribution in [2.45, 2.75) is 20.3 Å². The van der Waals surface area contributed by atoms with Crippen LogP contribution in [0, 0.1) is 19.8 Å². The van der Waals surface area contributed by atoms with Crippen molar-refractivity contribution < 1.29 is 9.59 Å². The molecule has 0 radical (unpaired) electrons. The van der Waals surface area contributed by atoms with Crippen LogP contribution in [-0.2, 0) is 9.59 Å². The largest absolute Gasteiger partial charge is 0.378 e. The second-order valence-electron chi connectivity index (χ2n) is 7.13. The lowest BCUT2D eigenvalue weighted by Crippen LogP contribution is -2.28. The molecule has 0 saturated carbocycles. The van der Waals surface area contributed by atoms with Gasteiger partial charge < -0.3 is 15.1 Å². The maximum absolute atomic E-state index is 12.6. The van der Waals surface area contributed by atoms with Gasteiger partial charge in [0.2, 0.25) is 11.8 Å². The summed E-state index contributed by atoms with van der Waals surface area (Å²) < 4.78 is 0. The predicted octanol–water partition coefficient (Wildman–Crippen LogP) is 3.36. The number of benzene rings is 2. The Balaban J connectivity index is 1.70. The Labute approximate surface area is 154 Å². The van der Waals surface area contributed by atoms with Crippen molar-refractivity contribution in [3.63, 3.8) is 0 Å². The molecular formula is C21H25N3O2. The van der Waals surface area contributed by atoms with E-state index >= 15 is 0 Å². The van der Waals surface area contributed by atoms with Crippen LogP contribution in [0.4, 0.5) is 17.1 Å². The highest BCUT2D eigenvalue weighted by Gasteiger charge is 2.35. The molecule has 1 saturated heterocycles. The summed E-state index contributed by atoms with van der Waals surface area (Å²) >= 11 is 0. The quantitative estimate of drug-likeness (QED) is 0.919. The molecule has 1 aliphatic heterocycles. The standard InChI is InChI=1S/C21H25N3O2/c1-14-5-6-15(2)19(11-14)24-13-16(12-20(24)25)21(26)22-17-7-9-18(10-8-17)23(3)4/h5-11,16H,12-13H2,1-4H3,(H,22,26). The number of carbonyl (C=O) groups excluding carboxylic acids is 2. The molecule has 1 N–H and O–H groups in total. The number of rotatable bonds is 4. The van der Waals surface area contributed by atoms with Crippen molar-refractivity contribution in [3.05, 3.63) is 53.6 Å². The summed E-state index contributed by atoms with van der Waals surface area (Å²) in [6.07, 6.45) is 0.245. The third kappa shape index (κ3) is 3.72. The maximum atomic E-state index is 12.6. The van der Waals surface area contributed by atoms with E-state index in [-0.39, 0.29) is 24.2 Å². The Morgan fingerprint density at radius 2 is 1.81 bits per heavy atom. The first-order chi connectivity index (χ1) is 12.3. The van der Waals surface area contributed by atoms with Crippen molar-refractivity contribution in [1.29, 1.82) is 0 Å². The van der Waals surface area contributed by atoms with Gasteiger partial charge in [-0.3, -0.25) is 9.59 Å². The van der Waals surface area contributed by atoms with E-state index in [2.05, 4.69) is 5.32 Å². The summed E-state index contributed by atoms with van der Waals surface area (Å²) in [5.41, 5.74) is 4.87. The van der Waals surface area contributed by atoms with Crippen molar-refractivity contribution in [3.8, 4) is 0 Å². The Bertz CT molecular complexity index is 828. The van der Waals surface area contributed by atoms with Gasteiger partial charge in [-0.05, 0) is 55.3 Å². The van der Waals surface area contributed by atoms with E-state index < -0.39 is 0 Å². The van der Waals surface area contributed by atoms with Crippen LogP contribution >= 0.6 is 0 Å². The molecule has 5 heteroatoms. The Morgan fingerprint density at radius 3 is 2.46 bits per heavy atom. The number of hydrogen-bond acceptors (Lipinski definition) is 3.